The van der Waals surface area contributed by atoms with Crippen LogP contribution < -0.4 is 0 Å². The van der Waals surface area contributed by atoms with Gasteiger partial charge < -0.3 is 0 Å². The fourth-order valence-electron chi connectivity index (χ4n) is 2.10. The van der Waals surface area contributed by atoms with Crippen molar-refractivity contribution in [1.29, 1.82) is 0 Å². The second-order valence-electron chi connectivity index (χ2n) is 5.05. The molecule has 0 amide bonds. The van der Waals surface area contributed by atoms with Crippen LogP contribution in [-0.4, -0.2) is 23.7 Å². The fraction of sp³-hybridized carbons (Fsp3) is 0.357. The number of pyridine rings is 1. The van der Waals surface area contributed by atoms with Crippen LogP contribution in [0.1, 0.15) is 24.0 Å². The number of rotatable bonds is 6. The van der Waals surface area contributed by atoms with Crippen molar-refractivity contribution >= 4 is 33.0 Å². The summed E-state index contributed by atoms with van der Waals surface area (Å²) in [4.78, 5) is 4.07. The van der Waals surface area contributed by atoms with Crippen LogP contribution in [0.4, 0.5) is 0 Å². The molecule has 0 bridgehead atoms. The highest BCUT2D eigenvalue weighted by molar-refractivity contribution is 7.89. The molecule has 0 N–H and O–H groups in total. The van der Waals surface area contributed by atoms with Gasteiger partial charge in [0.05, 0.1) is 0 Å². The van der Waals surface area contributed by atoms with Crippen molar-refractivity contribution in [3.05, 3.63) is 46.3 Å². The lowest BCUT2D eigenvalue weighted by Gasteiger charge is -2.21. The largest absolute Gasteiger partial charge is 0.261 e. The third-order valence-electron chi connectivity index (χ3n) is 3.40. The number of nitrogens with zero attached hydrogens (tertiary/aromatic N) is 2. The minimum atomic E-state index is -3.56. The molecule has 0 aliphatic heterocycles. The summed E-state index contributed by atoms with van der Waals surface area (Å²) in [7, 11) is -3.56. The number of hydrogen-bond donors (Lipinski definition) is 0. The van der Waals surface area contributed by atoms with E-state index in [1.165, 1.54) is 12.3 Å². The standard InChI is InChI=1S/C14H15ClN2O2S2/c15-7-11-1-4-14(16-8-11)21(18,19)17(13-2-3-13)9-12-5-6-20-10-12/h1,4-6,8,10,13H,2-3,7,9H2. The Bertz CT molecular complexity index is 695. The molecular weight excluding hydrogens is 328 g/mol. The molecule has 21 heavy (non-hydrogen) atoms. The minimum absolute atomic E-state index is 0.0958. The predicted molar refractivity (Wildman–Crippen MR) is 83.9 cm³/mol. The summed E-state index contributed by atoms with van der Waals surface area (Å²) in [5, 5.41) is 4.04. The first-order valence-electron chi connectivity index (χ1n) is 6.65. The highest BCUT2D eigenvalue weighted by Gasteiger charge is 2.38. The highest BCUT2D eigenvalue weighted by Crippen LogP contribution is 2.33. The van der Waals surface area contributed by atoms with Crippen molar-refractivity contribution in [1.82, 2.24) is 9.29 Å². The van der Waals surface area contributed by atoms with Gasteiger partial charge in [-0.25, -0.2) is 13.4 Å². The summed E-state index contributed by atoms with van der Waals surface area (Å²) in [6.07, 6.45) is 3.36. The number of sulfonamides is 1. The first kappa shape index (κ1) is 15.0. The fourth-order valence-corrected chi connectivity index (χ4v) is 4.50. The van der Waals surface area contributed by atoms with Gasteiger partial charge in [-0.05, 0) is 46.9 Å². The Balaban J connectivity index is 1.89. The smallest absolute Gasteiger partial charge is 0.243 e. The van der Waals surface area contributed by atoms with E-state index in [4.69, 9.17) is 11.6 Å². The maximum Gasteiger partial charge on any atom is 0.261 e. The van der Waals surface area contributed by atoms with Gasteiger partial charge >= 0.3 is 0 Å². The first-order chi connectivity index (χ1) is 10.1. The van der Waals surface area contributed by atoms with E-state index in [0.29, 0.717) is 12.4 Å². The molecule has 0 aromatic carbocycles. The molecule has 1 saturated carbocycles. The molecule has 0 radical (unpaired) electrons. The molecular formula is C14H15ClN2O2S2. The van der Waals surface area contributed by atoms with Crippen LogP contribution in [0.3, 0.4) is 0 Å². The monoisotopic (exact) mass is 342 g/mol. The second-order valence-corrected chi connectivity index (χ2v) is 7.94. The molecule has 0 atom stereocenters. The zero-order valence-corrected chi connectivity index (χ0v) is 13.7. The molecule has 7 heteroatoms. The Labute approximate surface area is 133 Å². The molecule has 1 aliphatic carbocycles. The van der Waals surface area contributed by atoms with E-state index in [1.807, 2.05) is 16.8 Å². The highest BCUT2D eigenvalue weighted by atomic mass is 35.5. The van der Waals surface area contributed by atoms with Crippen LogP contribution in [0.25, 0.3) is 0 Å². The lowest BCUT2D eigenvalue weighted by molar-refractivity contribution is 0.397. The normalized spacial score (nSPS) is 15.5. The average molecular weight is 343 g/mol. The Morgan fingerprint density at radius 1 is 1.29 bits per heavy atom. The molecule has 1 fully saturated rings. The summed E-state index contributed by atoms with van der Waals surface area (Å²) in [5.74, 6) is 0.328. The Hall–Kier alpha value is -0.950. The Morgan fingerprint density at radius 2 is 2.10 bits per heavy atom. The van der Waals surface area contributed by atoms with Crippen molar-refractivity contribution in [2.75, 3.05) is 0 Å². The molecule has 3 rings (SSSR count). The maximum atomic E-state index is 12.8. The van der Waals surface area contributed by atoms with Gasteiger partial charge in [0.1, 0.15) is 0 Å². The van der Waals surface area contributed by atoms with Crippen LogP contribution in [-0.2, 0) is 22.4 Å². The van der Waals surface area contributed by atoms with Crippen molar-refractivity contribution in [3.8, 4) is 0 Å². The van der Waals surface area contributed by atoms with Gasteiger partial charge in [-0.3, -0.25) is 0 Å². The summed E-state index contributed by atoms with van der Waals surface area (Å²) >= 11 is 7.29. The van der Waals surface area contributed by atoms with E-state index in [0.717, 1.165) is 24.0 Å². The van der Waals surface area contributed by atoms with Gasteiger partial charge in [-0.2, -0.15) is 15.6 Å². The van der Waals surface area contributed by atoms with Gasteiger partial charge in [-0.15, -0.1) is 11.6 Å². The number of aromatic nitrogens is 1. The van der Waals surface area contributed by atoms with Crippen LogP contribution >= 0.6 is 22.9 Å². The van der Waals surface area contributed by atoms with E-state index >= 15 is 0 Å². The lowest BCUT2D eigenvalue weighted by Crippen LogP contribution is -2.33. The van der Waals surface area contributed by atoms with E-state index < -0.39 is 10.0 Å². The zero-order chi connectivity index (χ0) is 14.9. The Kier molecular flexibility index (Phi) is 4.31. The topological polar surface area (TPSA) is 50.3 Å². The van der Waals surface area contributed by atoms with Gasteiger partial charge in [-0.1, -0.05) is 6.07 Å². The minimum Gasteiger partial charge on any atom is -0.243 e. The number of hydrogen-bond acceptors (Lipinski definition) is 4. The Morgan fingerprint density at radius 3 is 2.62 bits per heavy atom. The zero-order valence-electron chi connectivity index (χ0n) is 11.3. The van der Waals surface area contributed by atoms with Crippen molar-refractivity contribution in [3.63, 3.8) is 0 Å². The summed E-state index contributed by atoms with van der Waals surface area (Å²) in [6, 6.07) is 5.31. The van der Waals surface area contributed by atoms with Crippen LogP contribution in [0.5, 0.6) is 0 Å². The first-order valence-corrected chi connectivity index (χ1v) is 9.57. The van der Waals surface area contributed by atoms with E-state index in [1.54, 1.807) is 21.7 Å². The molecule has 0 unspecified atom stereocenters. The molecule has 1 aliphatic rings. The van der Waals surface area contributed by atoms with Gasteiger partial charge in [0, 0.05) is 24.7 Å². The van der Waals surface area contributed by atoms with Crippen LogP contribution in [0.2, 0.25) is 0 Å². The SMILES string of the molecule is O=S(=O)(c1ccc(CCl)cn1)N(Cc1ccsc1)C1CC1. The molecule has 0 saturated heterocycles. The number of halogens is 1. The summed E-state index contributed by atoms with van der Waals surface area (Å²) in [6.45, 7) is 0.412. The van der Waals surface area contributed by atoms with Gasteiger partial charge in [0.2, 0.25) is 0 Å². The molecule has 2 aromatic rings. The number of alkyl halides is 1. The molecule has 2 heterocycles. The van der Waals surface area contributed by atoms with Crippen LogP contribution in [0, 0.1) is 0 Å². The van der Waals surface area contributed by atoms with Crippen molar-refractivity contribution in [2.45, 2.75) is 36.3 Å². The maximum absolute atomic E-state index is 12.8. The predicted octanol–water partition coefficient (Wildman–Crippen LogP) is 3.24. The molecule has 4 nitrogen and oxygen atoms in total. The third kappa shape index (κ3) is 3.29. The number of thiophene rings is 1. The molecule has 112 valence electrons. The summed E-state index contributed by atoms with van der Waals surface area (Å²) < 4.78 is 27.1. The van der Waals surface area contributed by atoms with Gasteiger partial charge in [0.25, 0.3) is 10.0 Å². The second kappa shape index (κ2) is 6.04. The van der Waals surface area contributed by atoms with Crippen LogP contribution in [0.15, 0.2) is 40.2 Å². The lowest BCUT2D eigenvalue weighted by atomic mass is 10.3. The van der Waals surface area contributed by atoms with E-state index in [2.05, 4.69) is 4.98 Å². The molecule has 0 spiro atoms. The molecule has 2 aromatic heterocycles. The van der Waals surface area contributed by atoms with E-state index in [-0.39, 0.29) is 11.1 Å². The quantitative estimate of drug-likeness (QED) is 0.757. The average Bonchev–Trinajstić information content (AvgIpc) is 3.20. The summed E-state index contributed by atoms with van der Waals surface area (Å²) in [5.41, 5.74) is 1.83. The van der Waals surface area contributed by atoms with E-state index in [9.17, 15) is 8.42 Å². The van der Waals surface area contributed by atoms with Crippen molar-refractivity contribution in [2.24, 2.45) is 0 Å². The third-order valence-corrected chi connectivity index (χ3v) is 6.25. The van der Waals surface area contributed by atoms with Gasteiger partial charge in [0.15, 0.2) is 5.03 Å². The van der Waals surface area contributed by atoms with Crippen molar-refractivity contribution < 1.29 is 8.42 Å².